The zero-order valence-electron chi connectivity index (χ0n) is 17.1. The van der Waals surface area contributed by atoms with E-state index in [1.807, 2.05) is 12.1 Å². The molecule has 2 amide bonds. The molecule has 6 nitrogen and oxygen atoms in total. The summed E-state index contributed by atoms with van der Waals surface area (Å²) in [5.74, 6) is 0.0959. The summed E-state index contributed by atoms with van der Waals surface area (Å²) in [4.78, 5) is 26.8. The fraction of sp³-hybridized carbons (Fsp3) is 0.227. The van der Waals surface area contributed by atoms with Crippen LogP contribution < -0.4 is 10.1 Å². The number of carbonyl (C=O) groups is 2. The van der Waals surface area contributed by atoms with Gasteiger partial charge in [0.2, 0.25) is 0 Å². The number of nitrogens with zero attached hydrogens (tertiary/aromatic N) is 1. The molecule has 1 aliphatic rings. The van der Waals surface area contributed by atoms with Gasteiger partial charge >= 0.3 is 0 Å². The molecule has 0 atom stereocenters. The highest BCUT2D eigenvalue weighted by Crippen LogP contribution is 2.33. The Morgan fingerprint density at radius 2 is 1.94 bits per heavy atom. The molecule has 3 rings (SSSR count). The Bertz CT molecular complexity index is 1040. The molecular formula is C22H20Cl2N2O4S2. The van der Waals surface area contributed by atoms with Crippen LogP contribution in [-0.4, -0.2) is 47.9 Å². The zero-order chi connectivity index (χ0) is 23.1. The average molecular weight is 511 g/mol. The van der Waals surface area contributed by atoms with E-state index in [9.17, 15) is 9.59 Å². The number of hydrogen-bond donors (Lipinski definition) is 1. The molecule has 32 heavy (non-hydrogen) atoms. The van der Waals surface area contributed by atoms with Crippen molar-refractivity contribution in [3.63, 3.8) is 0 Å². The highest BCUT2D eigenvalue weighted by Gasteiger charge is 2.31. The highest BCUT2D eigenvalue weighted by atomic mass is 35.5. The van der Waals surface area contributed by atoms with Crippen molar-refractivity contribution in [1.29, 1.82) is 0 Å². The highest BCUT2D eigenvalue weighted by molar-refractivity contribution is 8.26. The lowest BCUT2D eigenvalue weighted by Crippen LogP contribution is -2.29. The van der Waals surface area contributed by atoms with Gasteiger partial charge in [-0.3, -0.25) is 14.5 Å². The number of hydrogen-bond acceptors (Lipinski definition) is 6. The van der Waals surface area contributed by atoms with E-state index in [1.165, 1.54) is 11.8 Å². The van der Waals surface area contributed by atoms with E-state index in [2.05, 4.69) is 5.32 Å². The Kier molecular flexibility index (Phi) is 8.95. The van der Waals surface area contributed by atoms with Crippen LogP contribution in [0.25, 0.3) is 6.08 Å². The lowest BCUT2D eigenvalue weighted by molar-refractivity contribution is -0.122. The number of ether oxygens (including phenoxy) is 2. The first-order valence-corrected chi connectivity index (χ1v) is 11.6. The van der Waals surface area contributed by atoms with Crippen molar-refractivity contribution in [3.8, 4) is 5.75 Å². The van der Waals surface area contributed by atoms with Crippen LogP contribution in [0, 0.1) is 0 Å². The second-order valence-corrected chi connectivity index (χ2v) is 9.20. The smallest absolute Gasteiger partial charge is 0.266 e. The van der Waals surface area contributed by atoms with Crippen LogP contribution in [0.3, 0.4) is 0 Å². The van der Waals surface area contributed by atoms with Crippen LogP contribution in [0.1, 0.15) is 12.0 Å². The minimum Gasteiger partial charge on any atom is -0.484 e. The SMILES string of the molecule is COCCCN1C(=O)/C(=C/c2ccc(OCC(=O)Nc3ccc(Cl)c(Cl)c3)cc2)SC1=S. The Hall–Kier alpha value is -2.10. The van der Waals surface area contributed by atoms with Crippen molar-refractivity contribution in [1.82, 2.24) is 4.90 Å². The first-order chi connectivity index (χ1) is 15.4. The molecule has 1 fully saturated rings. The van der Waals surface area contributed by atoms with Crippen molar-refractivity contribution < 1.29 is 19.1 Å². The van der Waals surface area contributed by atoms with Crippen LogP contribution in [-0.2, 0) is 14.3 Å². The number of amides is 2. The zero-order valence-corrected chi connectivity index (χ0v) is 20.2. The summed E-state index contributed by atoms with van der Waals surface area (Å²) >= 11 is 18.4. The summed E-state index contributed by atoms with van der Waals surface area (Å²) < 4.78 is 11.1. The minimum atomic E-state index is -0.329. The maximum absolute atomic E-state index is 12.6. The van der Waals surface area contributed by atoms with Gasteiger partial charge in [0.15, 0.2) is 6.61 Å². The summed E-state index contributed by atoms with van der Waals surface area (Å²) in [6.07, 6.45) is 2.51. The number of anilines is 1. The Labute approximate surface area is 205 Å². The molecule has 0 spiro atoms. The molecule has 1 heterocycles. The molecule has 168 valence electrons. The van der Waals surface area contributed by atoms with Gasteiger partial charge in [-0.2, -0.15) is 0 Å². The molecule has 10 heteroatoms. The van der Waals surface area contributed by atoms with E-state index >= 15 is 0 Å². The largest absolute Gasteiger partial charge is 0.484 e. The van der Waals surface area contributed by atoms with E-state index in [0.29, 0.717) is 43.9 Å². The molecule has 1 aliphatic heterocycles. The lowest BCUT2D eigenvalue weighted by atomic mass is 10.2. The van der Waals surface area contributed by atoms with Gasteiger partial charge in [-0.15, -0.1) is 0 Å². The predicted octanol–water partition coefficient (Wildman–Crippen LogP) is 5.25. The molecule has 0 aromatic heterocycles. The van der Waals surface area contributed by atoms with E-state index < -0.39 is 0 Å². The molecule has 2 aromatic carbocycles. The number of benzene rings is 2. The van der Waals surface area contributed by atoms with Gasteiger partial charge in [-0.25, -0.2) is 0 Å². The van der Waals surface area contributed by atoms with E-state index in [1.54, 1.807) is 48.4 Å². The molecule has 1 N–H and O–H groups in total. The number of halogens is 2. The molecule has 1 saturated heterocycles. The van der Waals surface area contributed by atoms with Gasteiger partial charge in [0.1, 0.15) is 10.1 Å². The fourth-order valence-corrected chi connectivity index (χ4v) is 4.40. The van der Waals surface area contributed by atoms with Crippen molar-refractivity contribution in [2.24, 2.45) is 0 Å². The molecule has 0 bridgehead atoms. The summed E-state index contributed by atoms with van der Waals surface area (Å²) in [5, 5.41) is 3.46. The van der Waals surface area contributed by atoms with Gasteiger partial charge < -0.3 is 14.8 Å². The monoisotopic (exact) mass is 510 g/mol. The first-order valence-electron chi connectivity index (χ1n) is 9.59. The van der Waals surface area contributed by atoms with Gasteiger partial charge in [-0.1, -0.05) is 59.3 Å². The molecule has 0 radical (unpaired) electrons. The van der Waals surface area contributed by atoms with Crippen LogP contribution in [0.2, 0.25) is 10.0 Å². The van der Waals surface area contributed by atoms with Crippen LogP contribution in [0.4, 0.5) is 5.69 Å². The standard InChI is InChI=1S/C22H20Cl2N2O4S2/c1-29-10-2-9-26-21(28)19(32-22(26)31)11-14-3-6-16(7-4-14)30-13-20(27)25-15-5-8-17(23)18(24)12-15/h3-8,11-12H,2,9-10,13H2,1H3,(H,25,27)/b19-11-. The molecule has 0 unspecified atom stereocenters. The van der Waals surface area contributed by atoms with E-state index in [0.717, 1.165) is 12.0 Å². The van der Waals surface area contributed by atoms with Gasteiger partial charge in [0, 0.05) is 25.9 Å². The second kappa shape index (κ2) is 11.7. The molecule has 0 aliphatic carbocycles. The van der Waals surface area contributed by atoms with Gasteiger partial charge in [0.25, 0.3) is 11.8 Å². The number of nitrogens with one attached hydrogen (secondary N) is 1. The van der Waals surface area contributed by atoms with E-state index in [-0.39, 0.29) is 18.4 Å². The van der Waals surface area contributed by atoms with Crippen molar-refractivity contribution in [2.45, 2.75) is 6.42 Å². The normalized spacial score (nSPS) is 14.8. The lowest BCUT2D eigenvalue weighted by Gasteiger charge is -2.13. The van der Waals surface area contributed by atoms with Crippen molar-refractivity contribution in [3.05, 3.63) is 63.0 Å². The molecular weight excluding hydrogens is 491 g/mol. The van der Waals surface area contributed by atoms with Crippen LogP contribution in [0.15, 0.2) is 47.4 Å². The van der Waals surface area contributed by atoms with Gasteiger partial charge in [0.05, 0.1) is 15.0 Å². The number of thioether (sulfide) groups is 1. The topological polar surface area (TPSA) is 67.9 Å². The first kappa shape index (κ1) is 24.5. The minimum absolute atomic E-state index is 0.101. The number of methoxy groups -OCH3 is 1. The summed E-state index contributed by atoms with van der Waals surface area (Å²) in [5.41, 5.74) is 1.36. The average Bonchev–Trinajstić information content (AvgIpc) is 3.03. The Balaban J connectivity index is 1.53. The number of thiocarbonyl (C=S) groups is 1. The molecule has 2 aromatic rings. The quantitative estimate of drug-likeness (QED) is 0.282. The molecule has 0 saturated carbocycles. The van der Waals surface area contributed by atoms with Gasteiger partial charge in [-0.05, 0) is 48.4 Å². The third-order valence-electron chi connectivity index (χ3n) is 4.35. The summed E-state index contributed by atoms with van der Waals surface area (Å²) in [6, 6.07) is 11.9. The Morgan fingerprint density at radius 1 is 1.19 bits per heavy atom. The predicted molar refractivity (Wildman–Crippen MR) is 133 cm³/mol. The second-order valence-electron chi connectivity index (χ2n) is 6.71. The number of carbonyl (C=O) groups excluding carboxylic acids is 2. The number of rotatable bonds is 9. The Morgan fingerprint density at radius 3 is 2.62 bits per heavy atom. The van der Waals surface area contributed by atoms with Crippen molar-refractivity contribution in [2.75, 3.05) is 32.2 Å². The maximum atomic E-state index is 12.6. The summed E-state index contributed by atoms with van der Waals surface area (Å²) in [7, 11) is 1.62. The van der Waals surface area contributed by atoms with Crippen LogP contribution >= 0.6 is 47.2 Å². The third kappa shape index (κ3) is 6.70. The summed E-state index contributed by atoms with van der Waals surface area (Å²) in [6.45, 7) is 0.940. The maximum Gasteiger partial charge on any atom is 0.266 e. The van der Waals surface area contributed by atoms with E-state index in [4.69, 9.17) is 44.9 Å². The fourth-order valence-electron chi connectivity index (χ4n) is 2.79. The van der Waals surface area contributed by atoms with Crippen LogP contribution in [0.5, 0.6) is 5.75 Å². The van der Waals surface area contributed by atoms with Crippen molar-refractivity contribution >= 4 is 75.1 Å². The third-order valence-corrected chi connectivity index (χ3v) is 6.47.